The van der Waals surface area contributed by atoms with E-state index in [9.17, 15) is 14.4 Å². The van der Waals surface area contributed by atoms with Crippen LogP contribution in [-0.2, 0) is 20.9 Å². The maximum Gasteiger partial charge on any atom is 0.336 e. The molecule has 0 aromatic heterocycles. The Kier molecular flexibility index (Phi) is 10.3. The first kappa shape index (κ1) is 31.2. The number of hydrogen-bond acceptors (Lipinski definition) is 5. The molecule has 0 aliphatic carbocycles. The van der Waals surface area contributed by atoms with Crippen LogP contribution in [0.2, 0.25) is 5.02 Å². The van der Waals surface area contributed by atoms with Crippen molar-refractivity contribution < 1.29 is 19.1 Å². The van der Waals surface area contributed by atoms with Gasteiger partial charge in [-0.25, -0.2) is 4.79 Å². The number of carbonyl (C=O) groups is 3. The molecule has 8 heteroatoms. The van der Waals surface area contributed by atoms with Gasteiger partial charge >= 0.3 is 5.97 Å². The van der Waals surface area contributed by atoms with Crippen molar-refractivity contribution in [1.82, 2.24) is 14.7 Å². The Balaban J connectivity index is 1.22. The van der Waals surface area contributed by atoms with Crippen molar-refractivity contribution >= 4 is 35.5 Å². The number of nitrogens with zero attached hydrogens (tertiary/aromatic N) is 3. The topological polar surface area (TPSA) is 70.2 Å². The summed E-state index contributed by atoms with van der Waals surface area (Å²) < 4.78 is 5.40. The summed E-state index contributed by atoms with van der Waals surface area (Å²) in [5.74, 6) is -0.894. The minimum absolute atomic E-state index is 0.0107. The van der Waals surface area contributed by atoms with E-state index in [1.54, 1.807) is 30.9 Å². The van der Waals surface area contributed by atoms with Gasteiger partial charge in [0.15, 0.2) is 0 Å². The second-order valence-corrected chi connectivity index (χ2v) is 11.5. The van der Waals surface area contributed by atoms with Crippen LogP contribution in [0.4, 0.5) is 0 Å². The van der Waals surface area contributed by atoms with Crippen LogP contribution >= 0.6 is 11.6 Å². The normalized spacial score (nSPS) is 17.8. The largest absolute Gasteiger partial charge is 0.463 e. The first-order valence-corrected chi connectivity index (χ1v) is 15.5. The van der Waals surface area contributed by atoms with Gasteiger partial charge in [0.25, 0.3) is 5.91 Å². The number of rotatable bonds is 9. The number of allylic oxidation sites excluding steroid dienone is 1. The summed E-state index contributed by atoms with van der Waals surface area (Å²) in [5, 5.41) is 0.590. The monoisotopic (exact) mass is 611 g/mol. The summed E-state index contributed by atoms with van der Waals surface area (Å²) in [6.45, 7) is 7.96. The van der Waals surface area contributed by atoms with Gasteiger partial charge in [-0.05, 0) is 54.8 Å². The molecular formula is C36H38ClN3O4. The van der Waals surface area contributed by atoms with Crippen LogP contribution in [0, 0.1) is 0 Å². The molecule has 0 saturated carbocycles. The molecule has 2 aliphatic rings. The minimum atomic E-state index is -0.421. The quantitative estimate of drug-likeness (QED) is 0.271. The summed E-state index contributed by atoms with van der Waals surface area (Å²) in [7, 11) is 0. The van der Waals surface area contributed by atoms with E-state index in [4.69, 9.17) is 16.3 Å². The van der Waals surface area contributed by atoms with E-state index in [-0.39, 0.29) is 24.8 Å². The van der Waals surface area contributed by atoms with Crippen LogP contribution in [0.25, 0.3) is 6.08 Å². The Hall–Kier alpha value is -4.20. The summed E-state index contributed by atoms with van der Waals surface area (Å²) in [4.78, 5) is 45.6. The van der Waals surface area contributed by atoms with Crippen LogP contribution in [0.5, 0.6) is 0 Å². The van der Waals surface area contributed by atoms with Gasteiger partial charge in [0.1, 0.15) is 0 Å². The number of halogens is 1. The van der Waals surface area contributed by atoms with Gasteiger partial charge in [0.2, 0.25) is 5.91 Å². The second kappa shape index (κ2) is 14.5. The van der Waals surface area contributed by atoms with Crippen LogP contribution in [0.1, 0.15) is 53.2 Å². The summed E-state index contributed by atoms with van der Waals surface area (Å²) in [6, 6.07) is 24.9. The van der Waals surface area contributed by atoms with Crippen LogP contribution in [-0.4, -0.2) is 71.8 Å². The predicted molar refractivity (Wildman–Crippen MR) is 173 cm³/mol. The molecule has 0 spiro atoms. The average molecular weight is 612 g/mol. The highest BCUT2D eigenvalue weighted by Crippen LogP contribution is 2.38. The van der Waals surface area contributed by atoms with E-state index in [0.717, 1.165) is 30.8 Å². The van der Waals surface area contributed by atoms with Crippen LogP contribution in [0.3, 0.4) is 0 Å². The fourth-order valence-electron chi connectivity index (χ4n) is 5.81. The number of carbonyl (C=O) groups excluding carboxylic acids is 3. The molecule has 1 fully saturated rings. The van der Waals surface area contributed by atoms with Gasteiger partial charge in [0.05, 0.1) is 18.7 Å². The Morgan fingerprint density at radius 3 is 2.27 bits per heavy atom. The summed E-state index contributed by atoms with van der Waals surface area (Å²) in [6.07, 6.45) is 4.45. The molecule has 7 nitrogen and oxygen atoms in total. The van der Waals surface area contributed by atoms with Crippen molar-refractivity contribution in [3.05, 3.63) is 123 Å². The van der Waals surface area contributed by atoms with Crippen LogP contribution in [0.15, 0.2) is 96.2 Å². The molecule has 0 bridgehead atoms. The molecule has 44 heavy (non-hydrogen) atoms. The van der Waals surface area contributed by atoms with E-state index >= 15 is 0 Å². The molecule has 3 aromatic rings. The van der Waals surface area contributed by atoms with Gasteiger partial charge in [-0.2, -0.15) is 0 Å². The van der Waals surface area contributed by atoms with Crippen molar-refractivity contribution in [2.24, 2.45) is 0 Å². The van der Waals surface area contributed by atoms with E-state index in [0.29, 0.717) is 41.5 Å². The van der Waals surface area contributed by atoms with Gasteiger partial charge in [-0.1, -0.05) is 78.4 Å². The highest BCUT2D eigenvalue weighted by Gasteiger charge is 2.37. The lowest BCUT2D eigenvalue weighted by Crippen LogP contribution is -2.48. The van der Waals surface area contributed by atoms with Gasteiger partial charge in [-0.15, -0.1) is 0 Å². The first-order valence-electron chi connectivity index (χ1n) is 15.1. The molecule has 2 amide bonds. The average Bonchev–Trinajstić information content (AvgIpc) is 3.04. The maximum atomic E-state index is 13.4. The number of amides is 2. The molecule has 1 atom stereocenters. The molecule has 0 radical (unpaired) electrons. The van der Waals surface area contributed by atoms with E-state index in [2.05, 4.69) is 29.2 Å². The molecule has 228 valence electrons. The van der Waals surface area contributed by atoms with Gasteiger partial charge < -0.3 is 14.5 Å². The van der Waals surface area contributed by atoms with Crippen molar-refractivity contribution in [1.29, 1.82) is 0 Å². The summed E-state index contributed by atoms with van der Waals surface area (Å²) in [5.41, 5.74) is 4.58. The maximum absolute atomic E-state index is 13.4. The standard InChI is InChI=1S/C36H38ClN3O4/c1-3-44-36(43)34-26(2)40(33(41)24-32(34)29-15-17-31(37)18-16-29)25-28-11-13-30(14-12-28)35(42)39-22-20-38(21-23-39)19-7-10-27-8-5-4-6-9-27/h4-18,32H,3,19-25H2,1-2H3. The van der Waals surface area contributed by atoms with Crippen molar-refractivity contribution in [2.45, 2.75) is 32.7 Å². The third kappa shape index (κ3) is 7.47. The predicted octanol–water partition coefficient (Wildman–Crippen LogP) is 6.16. The third-order valence-electron chi connectivity index (χ3n) is 8.27. The Morgan fingerprint density at radius 1 is 0.932 bits per heavy atom. The lowest BCUT2D eigenvalue weighted by Gasteiger charge is -2.35. The van der Waals surface area contributed by atoms with Crippen LogP contribution < -0.4 is 0 Å². The molecule has 2 aliphatic heterocycles. The van der Waals surface area contributed by atoms with Gasteiger partial charge in [0, 0.05) is 61.3 Å². The number of ether oxygens (including phenoxy) is 1. The third-order valence-corrected chi connectivity index (χ3v) is 8.52. The highest BCUT2D eigenvalue weighted by molar-refractivity contribution is 6.30. The number of benzene rings is 3. The Labute approximate surface area is 264 Å². The molecule has 2 heterocycles. The zero-order valence-electron chi connectivity index (χ0n) is 25.2. The van der Waals surface area contributed by atoms with Crippen molar-refractivity contribution in [3.63, 3.8) is 0 Å². The summed E-state index contributed by atoms with van der Waals surface area (Å²) >= 11 is 6.08. The Bertz CT molecular complexity index is 1530. The number of piperazine rings is 1. The molecule has 3 aromatic carbocycles. The van der Waals surface area contributed by atoms with E-state index in [1.165, 1.54) is 5.56 Å². The fraction of sp³-hybridized carbons (Fsp3) is 0.306. The molecule has 1 saturated heterocycles. The van der Waals surface area contributed by atoms with E-state index in [1.807, 2.05) is 59.5 Å². The lowest BCUT2D eigenvalue weighted by atomic mass is 9.83. The number of esters is 1. The molecule has 1 unspecified atom stereocenters. The molecule has 0 N–H and O–H groups in total. The Morgan fingerprint density at radius 2 is 1.61 bits per heavy atom. The highest BCUT2D eigenvalue weighted by atomic mass is 35.5. The number of hydrogen-bond donors (Lipinski definition) is 0. The van der Waals surface area contributed by atoms with E-state index < -0.39 is 11.9 Å². The minimum Gasteiger partial charge on any atom is -0.463 e. The molecular weight excluding hydrogens is 574 g/mol. The SMILES string of the molecule is CCOC(=O)C1=C(C)N(Cc2ccc(C(=O)N3CCN(CC=Cc4ccccc4)CC3)cc2)C(=O)CC1c1ccc(Cl)cc1. The molecule has 5 rings (SSSR count). The first-order chi connectivity index (χ1) is 21.3. The van der Waals surface area contributed by atoms with Crippen molar-refractivity contribution in [2.75, 3.05) is 39.3 Å². The van der Waals surface area contributed by atoms with Gasteiger partial charge in [-0.3, -0.25) is 14.5 Å². The lowest BCUT2D eigenvalue weighted by molar-refractivity contribution is -0.140. The fourth-order valence-corrected chi connectivity index (χ4v) is 5.94. The second-order valence-electron chi connectivity index (χ2n) is 11.1. The zero-order valence-corrected chi connectivity index (χ0v) is 26.0. The zero-order chi connectivity index (χ0) is 31.1. The smallest absolute Gasteiger partial charge is 0.336 e. The van der Waals surface area contributed by atoms with Crippen molar-refractivity contribution in [3.8, 4) is 0 Å².